The second-order valence-corrected chi connectivity index (χ2v) is 7.28. The lowest BCUT2D eigenvalue weighted by molar-refractivity contribution is 0.259. The molecule has 19 heavy (non-hydrogen) atoms. The highest BCUT2D eigenvalue weighted by Crippen LogP contribution is 2.28. The van der Waals surface area contributed by atoms with Crippen LogP contribution >= 0.6 is 11.6 Å². The minimum Gasteiger partial charge on any atom is -0.396 e. The Bertz CT molecular complexity index is 559. The molecule has 0 spiro atoms. The van der Waals surface area contributed by atoms with Crippen LogP contribution < -0.4 is 0 Å². The lowest BCUT2D eigenvalue weighted by atomic mass is 10.1. The molecule has 0 aliphatic carbocycles. The molecule has 0 aromatic heterocycles. The van der Waals surface area contributed by atoms with Gasteiger partial charge in [0.1, 0.15) is 0 Å². The zero-order valence-corrected chi connectivity index (χ0v) is 12.4. The number of aliphatic hydroxyl groups excluding tert-OH is 1. The van der Waals surface area contributed by atoms with Gasteiger partial charge in [-0.3, -0.25) is 0 Å². The largest absolute Gasteiger partial charge is 0.396 e. The zero-order chi connectivity index (χ0) is 14.0. The van der Waals surface area contributed by atoms with E-state index in [1.54, 1.807) is 19.1 Å². The summed E-state index contributed by atoms with van der Waals surface area (Å²) in [6.45, 7) is 2.87. The molecule has 1 atom stereocenters. The summed E-state index contributed by atoms with van der Waals surface area (Å²) >= 11 is 5.89. The molecule has 1 unspecified atom stereocenters. The molecule has 1 heterocycles. The monoisotopic (exact) mass is 303 g/mol. The van der Waals surface area contributed by atoms with Gasteiger partial charge in [-0.1, -0.05) is 17.7 Å². The van der Waals surface area contributed by atoms with E-state index >= 15 is 0 Å². The predicted molar refractivity (Wildman–Crippen MR) is 74.8 cm³/mol. The van der Waals surface area contributed by atoms with Crippen LogP contribution in [-0.4, -0.2) is 37.5 Å². The highest BCUT2D eigenvalue weighted by atomic mass is 35.5. The second kappa shape index (κ2) is 5.79. The maximum absolute atomic E-state index is 12.6. The van der Waals surface area contributed by atoms with Gasteiger partial charge in [0.2, 0.25) is 10.0 Å². The Morgan fingerprint density at radius 3 is 2.89 bits per heavy atom. The molecular weight excluding hydrogens is 286 g/mol. The fourth-order valence-corrected chi connectivity index (χ4v) is 4.44. The Morgan fingerprint density at radius 1 is 1.47 bits per heavy atom. The molecular formula is C13H18ClNO3S. The SMILES string of the molecule is Cc1ccc(Cl)cc1S(=O)(=O)N1CCC(CCO)C1. The smallest absolute Gasteiger partial charge is 0.243 e. The lowest BCUT2D eigenvalue weighted by Crippen LogP contribution is -2.29. The van der Waals surface area contributed by atoms with E-state index in [0.717, 1.165) is 6.42 Å². The van der Waals surface area contributed by atoms with Crippen molar-refractivity contribution in [1.29, 1.82) is 0 Å². The molecule has 1 N–H and O–H groups in total. The molecule has 1 aliphatic heterocycles. The molecule has 1 aromatic rings. The van der Waals surface area contributed by atoms with Crippen molar-refractivity contribution in [3.8, 4) is 0 Å². The predicted octanol–water partition coefficient (Wildman–Crippen LogP) is 2.04. The van der Waals surface area contributed by atoms with Gasteiger partial charge < -0.3 is 5.11 Å². The lowest BCUT2D eigenvalue weighted by Gasteiger charge is -2.18. The Labute approximate surface area is 119 Å². The number of rotatable bonds is 4. The first-order chi connectivity index (χ1) is 8.95. The van der Waals surface area contributed by atoms with Crippen molar-refractivity contribution in [3.05, 3.63) is 28.8 Å². The quantitative estimate of drug-likeness (QED) is 0.926. The Morgan fingerprint density at radius 2 is 2.21 bits per heavy atom. The van der Waals surface area contributed by atoms with Crippen LogP contribution in [0.15, 0.2) is 23.1 Å². The Hall–Kier alpha value is -0.620. The van der Waals surface area contributed by atoms with Crippen LogP contribution in [0.2, 0.25) is 5.02 Å². The van der Waals surface area contributed by atoms with Crippen molar-refractivity contribution < 1.29 is 13.5 Å². The summed E-state index contributed by atoms with van der Waals surface area (Å²) in [5.74, 6) is 0.249. The summed E-state index contributed by atoms with van der Waals surface area (Å²) in [7, 11) is -3.48. The number of sulfonamides is 1. The highest BCUT2D eigenvalue weighted by Gasteiger charge is 2.33. The molecule has 1 saturated heterocycles. The first-order valence-corrected chi connectivity index (χ1v) is 8.14. The Kier molecular flexibility index (Phi) is 4.50. The van der Waals surface area contributed by atoms with Gasteiger partial charge in [0, 0.05) is 24.7 Å². The van der Waals surface area contributed by atoms with E-state index in [1.165, 1.54) is 10.4 Å². The van der Waals surface area contributed by atoms with Crippen molar-refractivity contribution in [3.63, 3.8) is 0 Å². The van der Waals surface area contributed by atoms with Gasteiger partial charge in [0.05, 0.1) is 4.90 Å². The number of aryl methyl sites for hydroxylation is 1. The minimum atomic E-state index is -3.48. The molecule has 2 rings (SSSR count). The normalized spacial score (nSPS) is 20.9. The number of hydrogen-bond donors (Lipinski definition) is 1. The average Bonchev–Trinajstić information content (AvgIpc) is 2.82. The molecule has 1 fully saturated rings. The molecule has 0 saturated carbocycles. The van der Waals surface area contributed by atoms with Crippen LogP contribution in [-0.2, 0) is 10.0 Å². The molecule has 0 amide bonds. The summed E-state index contributed by atoms with van der Waals surface area (Å²) in [5, 5.41) is 9.35. The van der Waals surface area contributed by atoms with E-state index in [1.807, 2.05) is 0 Å². The third-order valence-corrected chi connectivity index (χ3v) is 5.80. The van der Waals surface area contributed by atoms with E-state index in [-0.39, 0.29) is 17.4 Å². The number of benzene rings is 1. The van der Waals surface area contributed by atoms with Crippen LogP contribution in [0.25, 0.3) is 0 Å². The Balaban J connectivity index is 2.26. The van der Waals surface area contributed by atoms with Crippen LogP contribution in [0.3, 0.4) is 0 Å². The van der Waals surface area contributed by atoms with Crippen LogP contribution in [0.4, 0.5) is 0 Å². The van der Waals surface area contributed by atoms with E-state index in [2.05, 4.69) is 0 Å². The van der Waals surface area contributed by atoms with E-state index in [4.69, 9.17) is 16.7 Å². The minimum absolute atomic E-state index is 0.106. The number of aliphatic hydroxyl groups is 1. The van der Waals surface area contributed by atoms with Gasteiger partial charge in [-0.2, -0.15) is 4.31 Å². The van der Waals surface area contributed by atoms with Crippen molar-refractivity contribution in [2.75, 3.05) is 19.7 Å². The van der Waals surface area contributed by atoms with Gasteiger partial charge >= 0.3 is 0 Å². The summed E-state index contributed by atoms with van der Waals surface area (Å²) in [6, 6.07) is 4.91. The summed E-state index contributed by atoms with van der Waals surface area (Å²) in [6.07, 6.45) is 1.46. The van der Waals surface area contributed by atoms with Crippen molar-refractivity contribution in [1.82, 2.24) is 4.31 Å². The summed E-state index contributed by atoms with van der Waals surface area (Å²) in [5.41, 5.74) is 0.704. The van der Waals surface area contributed by atoms with Crippen LogP contribution in [0.1, 0.15) is 18.4 Å². The molecule has 4 nitrogen and oxygen atoms in total. The third-order valence-electron chi connectivity index (χ3n) is 3.55. The molecule has 1 aliphatic rings. The number of halogens is 1. The average molecular weight is 304 g/mol. The van der Waals surface area contributed by atoms with Gasteiger partial charge in [-0.15, -0.1) is 0 Å². The van der Waals surface area contributed by atoms with Gasteiger partial charge in [-0.05, 0) is 43.4 Å². The molecule has 6 heteroatoms. The maximum Gasteiger partial charge on any atom is 0.243 e. The second-order valence-electron chi connectivity index (χ2n) is 4.94. The number of hydrogen-bond acceptors (Lipinski definition) is 3. The van der Waals surface area contributed by atoms with Gasteiger partial charge in [-0.25, -0.2) is 8.42 Å². The first kappa shape index (κ1) is 14.8. The van der Waals surface area contributed by atoms with Crippen molar-refractivity contribution in [2.24, 2.45) is 5.92 Å². The van der Waals surface area contributed by atoms with Crippen LogP contribution in [0, 0.1) is 12.8 Å². The van der Waals surface area contributed by atoms with E-state index in [9.17, 15) is 8.42 Å². The van der Waals surface area contributed by atoms with E-state index in [0.29, 0.717) is 30.1 Å². The maximum atomic E-state index is 12.6. The standard InChI is InChI=1S/C13H18ClNO3S/c1-10-2-3-12(14)8-13(10)19(17,18)15-6-4-11(9-15)5-7-16/h2-3,8,11,16H,4-7,9H2,1H3. The fourth-order valence-electron chi connectivity index (χ4n) is 2.42. The zero-order valence-electron chi connectivity index (χ0n) is 10.8. The van der Waals surface area contributed by atoms with Crippen molar-refractivity contribution >= 4 is 21.6 Å². The van der Waals surface area contributed by atoms with Crippen molar-refractivity contribution in [2.45, 2.75) is 24.7 Å². The topological polar surface area (TPSA) is 57.6 Å². The first-order valence-electron chi connectivity index (χ1n) is 6.32. The molecule has 106 valence electrons. The summed E-state index contributed by atoms with van der Waals surface area (Å²) < 4.78 is 26.6. The molecule has 1 aromatic carbocycles. The molecule has 0 radical (unpaired) electrons. The number of nitrogens with zero attached hydrogens (tertiary/aromatic N) is 1. The van der Waals surface area contributed by atoms with Gasteiger partial charge in [0.25, 0.3) is 0 Å². The third kappa shape index (κ3) is 3.11. The molecule has 0 bridgehead atoms. The fraction of sp³-hybridized carbons (Fsp3) is 0.538. The van der Waals surface area contributed by atoms with Gasteiger partial charge in [0.15, 0.2) is 0 Å². The highest BCUT2D eigenvalue weighted by molar-refractivity contribution is 7.89. The summed E-state index contributed by atoms with van der Waals surface area (Å²) in [4.78, 5) is 0.282. The van der Waals surface area contributed by atoms with Crippen LogP contribution in [0.5, 0.6) is 0 Å². The van der Waals surface area contributed by atoms with E-state index < -0.39 is 10.0 Å².